The fraction of sp³-hybridized carbons (Fsp3) is 0.125. The molecule has 8 nitrogen and oxygen atoms in total. The van der Waals surface area contributed by atoms with Crippen LogP contribution in [0.15, 0.2) is 42.5 Å². The first kappa shape index (κ1) is 25.4. The Hall–Kier alpha value is -4.23. The molecule has 4 N–H and O–H groups in total. The van der Waals surface area contributed by atoms with Crippen molar-refractivity contribution in [2.75, 3.05) is 10.6 Å². The highest BCUT2D eigenvalue weighted by molar-refractivity contribution is 6.31. The Morgan fingerprint density at radius 3 is 2.50 bits per heavy atom. The molecule has 0 spiro atoms. The molecule has 0 bridgehead atoms. The number of amides is 3. The number of aliphatic hydroxyl groups is 1. The number of carbonyl (C=O) groups excluding carboxylic acids is 3. The van der Waals surface area contributed by atoms with E-state index < -0.39 is 52.6 Å². The van der Waals surface area contributed by atoms with Gasteiger partial charge in [0.1, 0.15) is 18.2 Å². The molecule has 1 unspecified atom stereocenters. The largest absolute Gasteiger partial charge is 0.444 e. The summed E-state index contributed by atoms with van der Waals surface area (Å²) in [5.41, 5.74) is -5.70. The van der Waals surface area contributed by atoms with E-state index in [0.717, 1.165) is 18.2 Å². The second kappa shape index (κ2) is 8.67. The molecule has 0 fully saturated rings. The van der Waals surface area contributed by atoms with Crippen LogP contribution in [-0.4, -0.2) is 23.0 Å². The van der Waals surface area contributed by atoms with Gasteiger partial charge < -0.3 is 20.5 Å². The van der Waals surface area contributed by atoms with Crippen LogP contribution < -0.4 is 16.0 Å². The molecule has 3 aromatic rings. The summed E-state index contributed by atoms with van der Waals surface area (Å²) in [5, 5.41) is 18.2. The number of anilines is 2. The van der Waals surface area contributed by atoms with Gasteiger partial charge in [0, 0.05) is 22.3 Å². The Morgan fingerprint density at radius 1 is 1.08 bits per heavy atom. The number of halogens is 6. The molecule has 38 heavy (non-hydrogen) atoms. The highest BCUT2D eigenvalue weighted by atomic mass is 35.5. The first-order valence-electron chi connectivity index (χ1n) is 10.6. The lowest BCUT2D eigenvalue weighted by molar-refractivity contribution is -0.137. The molecular formula is C24H13ClF5N3O5. The maximum Gasteiger partial charge on any atom is 0.416 e. The maximum atomic E-state index is 13.9. The molecule has 5 rings (SSSR count). The summed E-state index contributed by atoms with van der Waals surface area (Å²) in [6.45, 7) is -0.363. The van der Waals surface area contributed by atoms with Crippen molar-refractivity contribution < 1.29 is 46.2 Å². The van der Waals surface area contributed by atoms with Crippen LogP contribution in [0.3, 0.4) is 0 Å². The minimum atomic E-state index is -4.95. The molecule has 196 valence electrons. The molecule has 0 saturated heterocycles. The van der Waals surface area contributed by atoms with E-state index in [1.165, 1.54) is 6.07 Å². The van der Waals surface area contributed by atoms with Gasteiger partial charge in [-0.2, -0.15) is 13.2 Å². The van der Waals surface area contributed by atoms with Crippen LogP contribution in [0.25, 0.3) is 0 Å². The predicted octanol–water partition coefficient (Wildman–Crippen LogP) is 4.89. The van der Waals surface area contributed by atoms with Gasteiger partial charge in [-0.1, -0.05) is 11.6 Å². The number of ether oxygens (including phenoxy) is 1. The third-order valence-electron chi connectivity index (χ3n) is 5.93. The Balaban J connectivity index is 1.69. The summed E-state index contributed by atoms with van der Waals surface area (Å²) in [5.74, 6) is -4.24. The number of fused-ring (bicyclic) bond motifs is 3. The third kappa shape index (κ3) is 4.19. The fourth-order valence-electron chi connectivity index (χ4n) is 4.33. The number of hydrogen-bond donors (Lipinski definition) is 4. The first-order valence-corrected chi connectivity index (χ1v) is 11.0. The molecule has 2 aliphatic heterocycles. The van der Waals surface area contributed by atoms with Gasteiger partial charge in [-0.25, -0.2) is 13.6 Å². The topological polar surface area (TPSA) is 117 Å². The van der Waals surface area contributed by atoms with Crippen LogP contribution in [0.4, 0.5) is 38.1 Å². The smallest absolute Gasteiger partial charge is 0.416 e. The number of carbonyl (C=O) groups is 3. The Labute approximate surface area is 214 Å². The second-order valence-corrected chi connectivity index (χ2v) is 8.79. The predicted molar refractivity (Wildman–Crippen MR) is 121 cm³/mol. The van der Waals surface area contributed by atoms with Crippen molar-refractivity contribution >= 4 is 40.9 Å². The Bertz CT molecular complexity index is 1560. The SMILES string of the molecule is O=C1Nc2c(cc(NC(=O)c3cc(F)cc(C(F)(F)F)c3)c3c2C(=O)NC3(O)c2ccc(F)cc2Cl)CO1. The van der Waals surface area contributed by atoms with E-state index >= 15 is 0 Å². The van der Waals surface area contributed by atoms with E-state index in [-0.39, 0.29) is 51.3 Å². The summed E-state index contributed by atoms with van der Waals surface area (Å²) in [6, 6.07) is 5.29. The second-order valence-electron chi connectivity index (χ2n) is 8.38. The van der Waals surface area contributed by atoms with E-state index in [1.54, 1.807) is 0 Å². The summed E-state index contributed by atoms with van der Waals surface area (Å²) >= 11 is 6.13. The number of hydrogen-bond acceptors (Lipinski definition) is 5. The Kier molecular flexibility index (Phi) is 5.80. The van der Waals surface area contributed by atoms with Crippen LogP contribution in [0.1, 0.15) is 43.0 Å². The van der Waals surface area contributed by atoms with Gasteiger partial charge in [0.2, 0.25) is 0 Å². The van der Waals surface area contributed by atoms with Crippen LogP contribution in [0, 0.1) is 11.6 Å². The van der Waals surface area contributed by atoms with Gasteiger partial charge in [-0.15, -0.1) is 0 Å². The van der Waals surface area contributed by atoms with Crippen LogP contribution in [0.5, 0.6) is 0 Å². The van der Waals surface area contributed by atoms with E-state index in [0.29, 0.717) is 12.1 Å². The van der Waals surface area contributed by atoms with Crippen molar-refractivity contribution in [3.8, 4) is 0 Å². The lowest BCUT2D eigenvalue weighted by atomic mass is 9.89. The monoisotopic (exact) mass is 553 g/mol. The molecule has 0 saturated carbocycles. The van der Waals surface area contributed by atoms with Gasteiger partial charge in [-0.05, 0) is 42.5 Å². The maximum absolute atomic E-state index is 13.9. The van der Waals surface area contributed by atoms with Gasteiger partial charge in [0.15, 0.2) is 5.72 Å². The van der Waals surface area contributed by atoms with Gasteiger partial charge in [0.05, 0.1) is 27.5 Å². The van der Waals surface area contributed by atoms with Crippen molar-refractivity contribution in [1.82, 2.24) is 5.32 Å². The quantitative estimate of drug-likeness (QED) is 0.345. The molecule has 0 aliphatic carbocycles. The lowest BCUT2D eigenvalue weighted by Crippen LogP contribution is -2.41. The van der Waals surface area contributed by atoms with E-state index in [2.05, 4.69) is 16.0 Å². The number of cyclic esters (lactones) is 1. The Morgan fingerprint density at radius 2 is 1.82 bits per heavy atom. The number of nitrogens with one attached hydrogen (secondary N) is 3. The molecular weight excluding hydrogens is 541 g/mol. The number of alkyl halides is 3. The zero-order chi connectivity index (χ0) is 27.6. The normalized spacial score (nSPS) is 18.2. The summed E-state index contributed by atoms with van der Waals surface area (Å²) in [6.07, 6.45) is -5.87. The average molecular weight is 554 g/mol. The van der Waals surface area contributed by atoms with Crippen molar-refractivity contribution in [2.45, 2.75) is 18.5 Å². The van der Waals surface area contributed by atoms with Gasteiger partial charge in [0.25, 0.3) is 11.8 Å². The lowest BCUT2D eigenvalue weighted by Gasteiger charge is -2.29. The third-order valence-corrected chi connectivity index (χ3v) is 6.25. The van der Waals surface area contributed by atoms with Crippen molar-refractivity contribution in [3.63, 3.8) is 0 Å². The van der Waals surface area contributed by atoms with Gasteiger partial charge in [-0.3, -0.25) is 14.9 Å². The summed E-state index contributed by atoms with van der Waals surface area (Å²) in [7, 11) is 0. The number of benzene rings is 3. The average Bonchev–Trinajstić information content (AvgIpc) is 3.09. The zero-order valence-electron chi connectivity index (χ0n) is 18.6. The fourth-order valence-corrected chi connectivity index (χ4v) is 4.64. The summed E-state index contributed by atoms with van der Waals surface area (Å²) < 4.78 is 72.0. The first-order chi connectivity index (χ1) is 17.8. The standard InChI is InChI=1S/C24H13ClF5N3O5/c25-15-7-12(26)1-2-14(15)23(37)18-16(5-10-8-38-22(36)32-19(10)17(18)21(35)33-23)31-20(34)9-3-11(24(28,29)30)6-13(27)4-9/h1-7,37H,8H2,(H,31,34)(H,32,36)(H,33,35). The van der Waals surface area contributed by atoms with Crippen molar-refractivity contribution in [3.05, 3.63) is 92.5 Å². The molecule has 3 aromatic carbocycles. The van der Waals surface area contributed by atoms with Crippen LogP contribution >= 0.6 is 11.6 Å². The molecule has 0 radical (unpaired) electrons. The zero-order valence-corrected chi connectivity index (χ0v) is 19.4. The number of rotatable bonds is 3. The van der Waals surface area contributed by atoms with Crippen LogP contribution in [0.2, 0.25) is 5.02 Å². The van der Waals surface area contributed by atoms with E-state index in [9.17, 15) is 41.4 Å². The molecule has 2 aliphatic rings. The minimum Gasteiger partial charge on any atom is -0.444 e. The highest BCUT2D eigenvalue weighted by Crippen LogP contribution is 2.47. The molecule has 14 heteroatoms. The minimum absolute atomic E-state index is 0.0639. The van der Waals surface area contributed by atoms with Gasteiger partial charge >= 0.3 is 12.3 Å². The molecule has 3 amide bonds. The van der Waals surface area contributed by atoms with Crippen molar-refractivity contribution in [1.29, 1.82) is 0 Å². The molecule has 1 atom stereocenters. The van der Waals surface area contributed by atoms with E-state index in [4.69, 9.17) is 16.3 Å². The summed E-state index contributed by atoms with van der Waals surface area (Å²) in [4.78, 5) is 37.9. The molecule has 0 aromatic heterocycles. The van der Waals surface area contributed by atoms with Crippen LogP contribution in [-0.2, 0) is 23.2 Å². The van der Waals surface area contributed by atoms with E-state index in [1.807, 2.05) is 0 Å². The van der Waals surface area contributed by atoms with Crippen molar-refractivity contribution in [2.24, 2.45) is 0 Å². The molecule has 2 heterocycles. The highest BCUT2D eigenvalue weighted by Gasteiger charge is 2.49.